The Bertz CT molecular complexity index is 330. The van der Waals surface area contributed by atoms with Crippen LogP contribution >= 0.6 is 0 Å². The summed E-state index contributed by atoms with van der Waals surface area (Å²) in [5.74, 6) is 0. The second-order valence-electron chi connectivity index (χ2n) is 5.31. The van der Waals surface area contributed by atoms with Gasteiger partial charge in [-0.1, -0.05) is 43.2 Å². The number of aliphatic hydroxyl groups is 1. The molecule has 2 nitrogen and oxygen atoms in total. The summed E-state index contributed by atoms with van der Waals surface area (Å²) >= 11 is 0. The van der Waals surface area contributed by atoms with Crippen LogP contribution in [0.5, 0.6) is 0 Å². The Morgan fingerprint density at radius 3 is 2.41 bits per heavy atom. The van der Waals surface area contributed by atoms with Crippen LogP contribution in [0, 0.1) is 5.41 Å². The quantitative estimate of drug-likeness (QED) is 0.821. The first-order chi connectivity index (χ1) is 8.27. The van der Waals surface area contributed by atoms with Crippen molar-refractivity contribution < 1.29 is 5.11 Å². The third kappa shape index (κ3) is 2.88. The SMILES string of the molecule is NCC1(C(O)CCc2ccccc2)CCCC1. The minimum atomic E-state index is -0.241. The van der Waals surface area contributed by atoms with E-state index in [0.29, 0.717) is 6.54 Å². The number of aliphatic hydroxyl groups excluding tert-OH is 1. The van der Waals surface area contributed by atoms with E-state index < -0.39 is 0 Å². The van der Waals surface area contributed by atoms with Gasteiger partial charge in [0.05, 0.1) is 6.10 Å². The minimum Gasteiger partial charge on any atom is -0.392 e. The number of benzene rings is 1. The molecule has 2 heteroatoms. The molecule has 0 aliphatic heterocycles. The van der Waals surface area contributed by atoms with Gasteiger partial charge in [-0.05, 0) is 31.2 Å². The summed E-state index contributed by atoms with van der Waals surface area (Å²) < 4.78 is 0. The van der Waals surface area contributed by atoms with Crippen LogP contribution in [0.4, 0.5) is 0 Å². The van der Waals surface area contributed by atoms with Crippen molar-refractivity contribution in [2.45, 2.75) is 44.6 Å². The van der Waals surface area contributed by atoms with E-state index in [0.717, 1.165) is 25.7 Å². The molecule has 2 rings (SSSR count). The predicted molar refractivity (Wildman–Crippen MR) is 70.7 cm³/mol. The molecule has 1 aliphatic carbocycles. The van der Waals surface area contributed by atoms with E-state index in [4.69, 9.17) is 5.73 Å². The lowest BCUT2D eigenvalue weighted by atomic mass is 9.78. The van der Waals surface area contributed by atoms with Gasteiger partial charge < -0.3 is 10.8 Å². The van der Waals surface area contributed by atoms with Crippen LogP contribution < -0.4 is 5.73 Å². The maximum atomic E-state index is 10.4. The number of aryl methyl sites for hydroxylation is 1. The van der Waals surface area contributed by atoms with Gasteiger partial charge in [-0.3, -0.25) is 0 Å². The maximum Gasteiger partial charge on any atom is 0.0611 e. The maximum absolute atomic E-state index is 10.4. The van der Waals surface area contributed by atoms with E-state index >= 15 is 0 Å². The monoisotopic (exact) mass is 233 g/mol. The lowest BCUT2D eigenvalue weighted by molar-refractivity contribution is 0.0283. The first kappa shape index (κ1) is 12.6. The Morgan fingerprint density at radius 2 is 1.82 bits per heavy atom. The van der Waals surface area contributed by atoms with Crippen molar-refractivity contribution in [1.29, 1.82) is 0 Å². The van der Waals surface area contributed by atoms with Gasteiger partial charge in [-0.25, -0.2) is 0 Å². The summed E-state index contributed by atoms with van der Waals surface area (Å²) in [5, 5.41) is 10.4. The summed E-state index contributed by atoms with van der Waals surface area (Å²) in [6.45, 7) is 0.628. The molecule has 0 heterocycles. The molecule has 1 saturated carbocycles. The molecular formula is C15H23NO. The predicted octanol–water partition coefficient (Wildman–Crippen LogP) is 2.50. The average Bonchev–Trinajstić information content (AvgIpc) is 2.87. The molecule has 0 saturated heterocycles. The van der Waals surface area contributed by atoms with Gasteiger partial charge in [0.2, 0.25) is 0 Å². The molecule has 17 heavy (non-hydrogen) atoms. The molecule has 1 aromatic carbocycles. The summed E-state index contributed by atoms with van der Waals surface area (Å²) in [6.07, 6.45) is 6.18. The number of hydrogen-bond donors (Lipinski definition) is 2. The molecule has 1 aromatic rings. The largest absolute Gasteiger partial charge is 0.392 e. The first-order valence-electron chi connectivity index (χ1n) is 6.69. The summed E-state index contributed by atoms with van der Waals surface area (Å²) in [7, 11) is 0. The third-order valence-corrected chi connectivity index (χ3v) is 4.26. The summed E-state index contributed by atoms with van der Waals surface area (Å²) in [6, 6.07) is 10.4. The molecule has 0 aromatic heterocycles. The zero-order valence-corrected chi connectivity index (χ0v) is 10.4. The van der Waals surface area contributed by atoms with Gasteiger partial charge in [-0.15, -0.1) is 0 Å². The van der Waals surface area contributed by atoms with Gasteiger partial charge >= 0.3 is 0 Å². The number of nitrogens with two attached hydrogens (primary N) is 1. The first-order valence-corrected chi connectivity index (χ1v) is 6.69. The van der Waals surface area contributed by atoms with Crippen molar-refractivity contribution in [2.24, 2.45) is 11.1 Å². The van der Waals surface area contributed by atoms with Crippen molar-refractivity contribution in [1.82, 2.24) is 0 Å². The van der Waals surface area contributed by atoms with Crippen LogP contribution in [0.1, 0.15) is 37.7 Å². The van der Waals surface area contributed by atoms with Crippen LogP contribution in [-0.4, -0.2) is 17.8 Å². The highest BCUT2D eigenvalue weighted by atomic mass is 16.3. The van der Waals surface area contributed by atoms with Crippen molar-refractivity contribution >= 4 is 0 Å². The van der Waals surface area contributed by atoms with E-state index in [9.17, 15) is 5.11 Å². The topological polar surface area (TPSA) is 46.2 Å². The van der Waals surface area contributed by atoms with Crippen molar-refractivity contribution in [3.63, 3.8) is 0 Å². The van der Waals surface area contributed by atoms with Gasteiger partial charge in [-0.2, -0.15) is 0 Å². The highest BCUT2D eigenvalue weighted by Gasteiger charge is 2.38. The lowest BCUT2D eigenvalue weighted by Gasteiger charge is -2.33. The lowest BCUT2D eigenvalue weighted by Crippen LogP contribution is -2.39. The third-order valence-electron chi connectivity index (χ3n) is 4.26. The fraction of sp³-hybridized carbons (Fsp3) is 0.600. The van der Waals surface area contributed by atoms with E-state index in [1.807, 2.05) is 6.07 Å². The van der Waals surface area contributed by atoms with E-state index in [-0.39, 0.29) is 11.5 Å². The van der Waals surface area contributed by atoms with Crippen LogP contribution in [0.3, 0.4) is 0 Å². The normalized spacial score (nSPS) is 20.4. The molecule has 0 spiro atoms. The van der Waals surface area contributed by atoms with Gasteiger partial charge in [0, 0.05) is 12.0 Å². The second-order valence-corrected chi connectivity index (χ2v) is 5.31. The van der Waals surface area contributed by atoms with Crippen LogP contribution in [-0.2, 0) is 6.42 Å². The molecule has 1 unspecified atom stereocenters. The zero-order chi connectivity index (χ0) is 12.1. The Labute approximate surface area is 104 Å². The molecule has 0 bridgehead atoms. The van der Waals surface area contributed by atoms with Crippen molar-refractivity contribution in [3.05, 3.63) is 35.9 Å². The molecule has 1 fully saturated rings. The Hall–Kier alpha value is -0.860. The minimum absolute atomic E-state index is 0.00871. The highest BCUT2D eigenvalue weighted by molar-refractivity contribution is 5.15. The van der Waals surface area contributed by atoms with Crippen LogP contribution in [0.2, 0.25) is 0 Å². The molecule has 94 valence electrons. The standard InChI is InChI=1S/C15H23NO/c16-12-15(10-4-5-11-15)14(17)9-8-13-6-2-1-3-7-13/h1-3,6-7,14,17H,4-5,8-12,16H2. The Kier molecular flexibility index (Phi) is 4.19. The van der Waals surface area contributed by atoms with Gasteiger partial charge in [0.1, 0.15) is 0 Å². The molecular weight excluding hydrogens is 210 g/mol. The Morgan fingerprint density at radius 1 is 1.18 bits per heavy atom. The van der Waals surface area contributed by atoms with E-state index in [1.54, 1.807) is 0 Å². The average molecular weight is 233 g/mol. The molecule has 0 radical (unpaired) electrons. The molecule has 1 aliphatic rings. The zero-order valence-electron chi connectivity index (χ0n) is 10.4. The number of rotatable bonds is 5. The fourth-order valence-corrected chi connectivity index (χ4v) is 3.01. The summed E-state index contributed by atoms with van der Waals surface area (Å²) in [5.41, 5.74) is 7.19. The molecule has 1 atom stereocenters. The van der Waals surface area contributed by atoms with Crippen LogP contribution in [0.15, 0.2) is 30.3 Å². The van der Waals surface area contributed by atoms with Crippen molar-refractivity contribution in [3.8, 4) is 0 Å². The van der Waals surface area contributed by atoms with E-state index in [2.05, 4.69) is 24.3 Å². The van der Waals surface area contributed by atoms with Gasteiger partial charge in [0.15, 0.2) is 0 Å². The van der Waals surface area contributed by atoms with Gasteiger partial charge in [0.25, 0.3) is 0 Å². The molecule has 3 N–H and O–H groups in total. The Balaban J connectivity index is 1.90. The fourth-order valence-electron chi connectivity index (χ4n) is 3.01. The summed E-state index contributed by atoms with van der Waals surface area (Å²) in [4.78, 5) is 0. The number of hydrogen-bond acceptors (Lipinski definition) is 2. The molecule has 0 amide bonds. The smallest absolute Gasteiger partial charge is 0.0611 e. The van der Waals surface area contributed by atoms with Crippen LogP contribution in [0.25, 0.3) is 0 Å². The second kappa shape index (κ2) is 5.65. The highest BCUT2D eigenvalue weighted by Crippen LogP contribution is 2.41. The van der Waals surface area contributed by atoms with Crippen molar-refractivity contribution in [2.75, 3.05) is 6.54 Å². The van der Waals surface area contributed by atoms with E-state index in [1.165, 1.54) is 18.4 Å².